The van der Waals surface area contributed by atoms with Crippen molar-refractivity contribution >= 4 is 11.8 Å². The third-order valence-electron chi connectivity index (χ3n) is 5.58. The highest BCUT2D eigenvalue weighted by Crippen LogP contribution is 2.38. The smallest absolute Gasteiger partial charge is 0.260 e. The number of amides is 2. The maximum Gasteiger partial charge on any atom is 0.260 e. The molecule has 1 aromatic rings. The molecular formula is C20H28N2O4. The molecule has 0 aliphatic carbocycles. The monoisotopic (exact) mass is 360 g/mol. The van der Waals surface area contributed by atoms with E-state index >= 15 is 0 Å². The highest BCUT2D eigenvalue weighted by Gasteiger charge is 2.42. The third-order valence-corrected chi connectivity index (χ3v) is 5.58. The average molecular weight is 360 g/mol. The molecule has 6 heteroatoms. The predicted molar refractivity (Wildman–Crippen MR) is 97.8 cm³/mol. The quantitative estimate of drug-likeness (QED) is 0.866. The lowest BCUT2D eigenvalue weighted by Crippen LogP contribution is -2.56. The normalized spacial score (nSPS) is 23.4. The number of hydrogen-bond donors (Lipinski definition) is 1. The van der Waals surface area contributed by atoms with E-state index in [0.717, 1.165) is 37.1 Å². The second-order valence-corrected chi connectivity index (χ2v) is 7.51. The first-order valence-electron chi connectivity index (χ1n) is 9.38. The van der Waals surface area contributed by atoms with E-state index in [0.29, 0.717) is 26.1 Å². The fourth-order valence-corrected chi connectivity index (χ4v) is 4.13. The zero-order chi connectivity index (χ0) is 18.6. The number of aryl methyl sites for hydroxylation is 1. The number of aliphatic hydroxyl groups is 1. The lowest BCUT2D eigenvalue weighted by molar-refractivity contribution is -0.144. The van der Waals surface area contributed by atoms with Gasteiger partial charge in [-0.3, -0.25) is 9.59 Å². The Kier molecular flexibility index (Phi) is 5.81. The molecule has 0 bridgehead atoms. The Bertz CT molecular complexity index is 663. The molecule has 2 aliphatic rings. The fraction of sp³-hybridized carbons (Fsp3) is 0.600. The molecule has 2 amide bonds. The number of β-amino-alcohol motifs (C(OH)–C–C–N with tert-alkyl or cyclic N) is 1. The van der Waals surface area contributed by atoms with Crippen LogP contribution in [-0.4, -0.2) is 66.1 Å². The number of para-hydroxylation sites is 1. The van der Waals surface area contributed by atoms with Crippen LogP contribution in [0, 0.1) is 12.3 Å². The number of aliphatic hydroxyl groups excluding tert-OH is 1. The van der Waals surface area contributed by atoms with Gasteiger partial charge in [0.2, 0.25) is 5.91 Å². The first-order chi connectivity index (χ1) is 12.5. The van der Waals surface area contributed by atoms with Gasteiger partial charge < -0.3 is 19.6 Å². The van der Waals surface area contributed by atoms with Crippen LogP contribution in [0.25, 0.3) is 0 Å². The Hall–Kier alpha value is -2.08. The SMILES string of the molecule is Cc1ccccc1OCC(=O)N1CCC[C@]2(CCC(=O)N(CCO)C2)C1. The molecule has 142 valence electrons. The van der Waals surface area contributed by atoms with Gasteiger partial charge in [0, 0.05) is 38.0 Å². The Morgan fingerprint density at radius 1 is 1.27 bits per heavy atom. The van der Waals surface area contributed by atoms with Crippen molar-refractivity contribution in [3.8, 4) is 5.75 Å². The fourth-order valence-electron chi connectivity index (χ4n) is 4.13. The minimum atomic E-state index is -0.0420. The van der Waals surface area contributed by atoms with Crippen LogP contribution in [0.15, 0.2) is 24.3 Å². The summed E-state index contributed by atoms with van der Waals surface area (Å²) in [6.45, 7) is 4.41. The van der Waals surface area contributed by atoms with Crippen LogP contribution < -0.4 is 4.74 Å². The van der Waals surface area contributed by atoms with E-state index in [1.807, 2.05) is 36.1 Å². The van der Waals surface area contributed by atoms with Gasteiger partial charge in [-0.05, 0) is 37.8 Å². The number of likely N-dealkylation sites (tertiary alicyclic amines) is 2. The molecule has 6 nitrogen and oxygen atoms in total. The van der Waals surface area contributed by atoms with Gasteiger partial charge in [-0.15, -0.1) is 0 Å². The first kappa shape index (κ1) is 18.7. The molecule has 1 N–H and O–H groups in total. The van der Waals surface area contributed by atoms with Crippen molar-refractivity contribution in [2.75, 3.05) is 39.4 Å². The molecule has 0 unspecified atom stereocenters. The summed E-state index contributed by atoms with van der Waals surface area (Å²) in [6, 6.07) is 7.68. The average Bonchev–Trinajstić information content (AvgIpc) is 2.64. The maximum absolute atomic E-state index is 12.7. The molecule has 0 radical (unpaired) electrons. The number of nitrogens with zero attached hydrogens (tertiary/aromatic N) is 2. The molecule has 2 fully saturated rings. The van der Waals surface area contributed by atoms with Crippen molar-refractivity contribution in [1.82, 2.24) is 9.80 Å². The molecule has 0 aromatic heterocycles. The van der Waals surface area contributed by atoms with Gasteiger partial charge in [0.15, 0.2) is 6.61 Å². The van der Waals surface area contributed by atoms with Crippen molar-refractivity contribution in [2.24, 2.45) is 5.41 Å². The van der Waals surface area contributed by atoms with Crippen molar-refractivity contribution in [3.63, 3.8) is 0 Å². The summed E-state index contributed by atoms with van der Waals surface area (Å²) in [4.78, 5) is 28.3. The number of carbonyl (C=O) groups is 2. The van der Waals surface area contributed by atoms with Crippen molar-refractivity contribution in [1.29, 1.82) is 0 Å². The number of benzene rings is 1. The highest BCUT2D eigenvalue weighted by atomic mass is 16.5. The van der Waals surface area contributed by atoms with Gasteiger partial charge in [0.25, 0.3) is 5.91 Å². The molecule has 2 saturated heterocycles. The molecule has 2 aliphatic heterocycles. The van der Waals surface area contributed by atoms with Crippen LogP contribution in [0.2, 0.25) is 0 Å². The molecular weight excluding hydrogens is 332 g/mol. The number of rotatable bonds is 5. The Morgan fingerprint density at radius 3 is 2.85 bits per heavy atom. The topological polar surface area (TPSA) is 70.1 Å². The van der Waals surface area contributed by atoms with Gasteiger partial charge in [-0.1, -0.05) is 18.2 Å². The highest BCUT2D eigenvalue weighted by molar-refractivity contribution is 5.79. The molecule has 26 heavy (non-hydrogen) atoms. The molecule has 0 saturated carbocycles. The molecule has 1 aromatic carbocycles. The number of hydrogen-bond acceptors (Lipinski definition) is 4. The van der Waals surface area contributed by atoms with Crippen molar-refractivity contribution in [3.05, 3.63) is 29.8 Å². The minimum Gasteiger partial charge on any atom is -0.484 e. The van der Waals surface area contributed by atoms with Crippen LogP contribution >= 0.6 is 0 Å². The lowest BCUT2D eigenvalue weighted by Gasteiger charge is -2.48. The van der Waals surface area contributed by atoms with Crippen molar-refractivity contribution in [2.45, 2.75) is 32.6 Å². The summed E-state index contributed by atoms with van der Waals surface area (Å²) in [5.41, 5.74) is 0.973. The van der Waals surface area contributed by atoms with Crippen LogP contribution in [0.3, 0.4) is 0 Å². The molecule has 3 rings (SSSR count). The van der Waals surface area contributed by atoms with Crippen LogP contribution in [0.1, 0.15) is 31.2 Å². The Morgan fingerprint density at radius 2 is 2.08 bits per heavy atom. The van der Waals surface area contributed by atoms with Gasteiger partial charge in [0.05, 0.1) is 6.61 Å². The van der Waals surface area contributed by atoms with Gasteiger partial charge >= 0.3 is 0 Å². The van der Waals surface area contributed by atoms with Crippen LogP contribution in [-0.2, 0) is 9.59 Å². The Balaban J connectivity index is 1.60. The lowest BCUT2D eigenvalue weighted by atomic mass is 9.73. The van der Waals surface area contributed by atoms with Crippen LogP contribution in [0.4, 0.5) is 0 Å². The van der Waals surface area contributed by atoms with Crippen molar-refractivity contribution < 1.29 is 19.4 Å². The van der Waals surface area contributed by atoms with E-state index in [1.165, 1.54) is 0 Å². The summed E-state index contributed by atoms with van der Waals surface area (Å²) in [6.07, 6.45) is 3.28. The second-order valence-electron chi connectivity index (χ2n) is 7.51. The molecule has 2 heterocycles. The molecule has 1 atom stereocenters. The van der Waals surface area contributed by atoms with Gasteiger partial charge in [-0.2, -0.15) is 0 Å². The predicted octanol–water partition coefficient (Wildman–Crippen LogP) is 1.60. The van der Waals surface area contributed by atoms with Gasteiger partial charge in [0.1, 0.15) is 5.75 Å². The first-order valence-corrected chi connectivity index (χ1v) is 9.38. The number of ether oxygens (including phenoxy) is 1. The van der Waals surface area contributed by atoms with E-state index in [-0.39, 0.29) is 30.4 Å². The standard InChI is InChI=1S/C20H28N2O4/c1-16-5-2-3-6-17(16)26-13-19(25)21-10-4-8-20(14-21)9-7-18(24)22(15-20)11-12-23/h2-3,5-6,23H,4,7-15H2,1H3/t20-/m0/s1. The summed E-state index contributed by atoms with van der Waals surface area (Å²) < 4.78 is 5.72. The third kappa shape index (κ3) is 4.18. The minimum absolute atomic E-state index is 0.00191. The molecule has 1 spiro atoms. The summed E-state index contributed by atoms with van der Waals surface area (Å²) in [5.74, 6) is 0.846. The Labute approximate surface area is 154 Å². The summed E-state index contributed by atoms with van der Waals surface area (Å²) >= 11 is 0. The van der Waals surface area contributed by atoms with Crippen LogP contribution in [0.5, 0.6) is 5.75 Å². The summed E-state index contributed by atoms with van der Waals surface area (Å²) in [5, 5.41) is 9.19. The number of piperidine rings is 2. The van der Waals surface area contributed by atoms with E-state index in [9.17, 15) is 14.7 Å². The second kappa shape index (κ2) is 8.08. The van der Waals surface area contributed by atoms with E-state index in [1.54, 1.807) is 4.90 Å². The zero-order valence-electron chi connectivity index (χ0n) is 15.4. The number of carbonyl (C=O) groups excluding carboxylic acids is 2. The van der Waals surface area contributed by atoms with Gasteiger partial charge in [-0.25, -0.2) is 0 Å². The largest absolute Gasteiger partial charge is 0.484 e. The van der Waals surface area contributed by atoms with E-state index in [2.05, 4.69) is 0 Å². The zero-order valence-corrected chi connectivity index (χ0v) is 15.4. The maximum atomic E-state index is 12.7. The van der Waals surface area contributed by atoms with E-state index in [4.69, 9.17) is 4.74 Å². The van der Waals surface area contributed by atoms with E-state index < -0.39 is 0 Å². The summed E-state index contributed by atoms with van der Waals surface area (Å²) in [7, 11) is 0.